The molecule has 3 rings (SSSR count). The minimum atomic E-state index is -1.07. The number of ether oxygens (including phenoxy) is 3. The SMILES string of the molecule is COc1cc(CN2CCN(c3ccc(CC(CO[N+](=O)[O-])O[N+](=O)[O-])cc3)CC2)cc(OC)c1OC. The summed E-state index contributed by atoms with van der Waals surface area (Å²) in [5.74, 6) is 1.82. The van der Waals surface area contributed by atoms with E-state index in [1.165, 1.54) is 0 Å². The molecule has 196 valence electrons. The molecule has 0 spiro atoms. The third-order valence-electron chi connectivity index (χ3n) is 5.87. The van der Waals surface area contributed by atoms with Gasteiger partial charge in [0.2, 0.25) is 5.75 Å². The molecular formula is C23H30N4O9. The van der Waals surface area contributed by atoms with Crippen LogP contribution in [0.25, 0.3) is 0 Å². The smallest absolute Gasteiger partial charge is 0.294 e. The maximum Gasteiger partial charge on any atom is 0.294 e. The van der Waals surface area contributed by atoms with E-state index in [0.29, 0.717) is 17.2 Å². The number of hydrogen-bond donors (Lipinski definition) is 0. The van der Waals surface area contributed by atoms with Crippen molar-refractivity contribution >= 4 is 5.69 Å². The molecule has 1 unspecified atom stereocenters. The number of benzene rings is 2. The van der Waals surface area contributed by atoms with Crippen LogP contribution in [-0.4, -0.2) is 75.3 Å². The van der Waals surface area contributed by atoms with Crippen molar-refractivity contribution in [1.29, 1.82) is 0 Å². The van der Waals surface area contributed by atoms with Crippen molar-refractivity contribution in [3.63, 3.8) is 0 Å². The first-order valence-corrected chi connectivity index (χ1v) is 11.3. The van der Waals surface area contributed by atoms with Crippen molar-refractivity contribution in [1.82, 2.24) is 4.90 Å². The average Bonchev–Trinajstić information content (AvgIpc) is 2.87. The van der Waals surface area contributed by atoms with Crippen LogP contribution in [0.15, 0.2) is 36.4 Å². The Balaban J connectivity index is 1.56. The van der Waals surface area contributed by atoms with Gasteiger partial charge in [0.15, 0.2) is 11.5 Å². The van der Waals surface area contributed by atoms with Gasteiger partial charge in [0.25, 0.3) is 10.2 Å². The monoisotopic (exact) mass is 506 g/mol. The normalized spacial score (nSPS) is 14.6. The third kappa shape index (κ3) is 7.25. The summed E-state index contributed by atoms with van der Waals surface area (Å²) in [5, 5.41) is 19.1. The Kier molecular flexibility index (Phi) is 9.33. The molecule has 0 saturated carbocycles. The molecule has 1 atom stereocenters. The van der Waals surface area contributed by atoms with Gasteiger partial charge in [-0.3, -0.25) is 4.90 Å². The quantitative estimate of drug-likeness (QED) is 0.292. The van der Waals surface area contributed by atoms with Crippen molar-refractivity contribution in [3.8, 4) is 17.2 Å². The predicted molar refractivity (Wildman–Crippen MR) is 129 cm³/mol. The molecule has 13 heteroatoms. The Bertz CT molecular complexity index is 1000. The minimum Gasteiger partial charge on any atom is -0.493 e. The Hall–Kier alpha value is -4.00. The lowest BCUT2D eigenvalue weighted by atomic mass is 10.1. The highest BCUT2D eigenvalue weighted by Gasteiger charge is 2.21. The van der Waals surface area contributed by atoms with E-state index < -0.39 is 22.9 Å². The van der Waals surface area contributed by atoms with Gasteiger partial charge < -0.3 is 28.8 Å². The Morgan fingerprint density at radius 1 is 0.861 bits per heavy atom. The molecule has 13 nitrogen and oxygen atoms in total. The Morgan fingerprint density at radius 3 is 1.97 bits per heavy atom. The van der Waals surface area contributed by atoms with E-state index in [4.69, 9.17) is 14.2 Å². The highest BCUT2D eigenvalue weighted by molar-refractivity contribution is 5.54. The summed E-state index contributed by atoms with van der Waals surface area (Å²) in [6.45, 7) is 3.59. The highest BCUT2D eigenvalue weighted by Crippen LogP contribution is 2.38. The number of methoxy groups -OCH3 is 3. The fraction of sp³-hybridized carbons (Fsp3) is 0.478. The van der Waals surface area contributed by atoms with E-state index in [2.05, 4.69) is 19.5 Å². The van der Waals surface area contributed by atoms with E-state index in [9.17, 15) is 20.2 Å². The maximum absolute atomic E-state index is 10.7. The van der Waals surface area contributed by atoms with Gasteiger partial charge in [-0.2, -0.15) is 0 Å². The lowest BCUT2D eigenvalue weighted by Crippen LogP contribution is -2.45. The molecule has 1 heterocycles. The van der Waals surface area contributed by atoms with Crippen LogP contribution < -0.4 is 19.1 Å². The van der Waals surface area contributed by atoms with Gasteiger partial charge in [0.05, 0.1) is 21.3 Å². The maximum atomic E-state index is 10.7. The van der Waals surface area contributed by atoms with Crippen molar-refractivity contribution in [2.45, 2.75) is 19.1 Å². The number of anilines is 1. The topological polar surface area (TPSA) is 139 Å². The zero-order chi connectivity index (χ0) is 26.1. The summed E-state index contributed by atoms with van der Waals surface area (Å²) in [5.41, 5.74) is 2.84. The molecule has 0 radical (unpaired) electrons. The number of piperazine rings is 1. The molecule has 0 amide bonds. The summed E-state index contributed by atoms with van der Waals surface area (Å²) in [6.07, 6.45) is -0.965. The molecule has 1 aliphatic rings. The van der Waals surface area contributed by atoms with E-state index >= 15 is 0 Å². The molecular weight excluding hydrogens is 476 g/mol. The average molecular weight is 507 g/mol. The molecule has 1 saturated heterocycles. The molecule has 1 fully saturated rings. The van der Waals surface area contributed by atoms with Crippen LogP contribution in [0.5, 0.6) is 17.2 Å². The highest BCUT2D eigenvalue weighted by atomic mass is 17.0. The van der Waals surface area contributed by atoms with Gasteiger partial charge in [-0.05, 0) is 35.4 Å². The predicted octanol–water partition coefficient (Wildman–Crippen LogP) is 2.36. The number of rotatable bonds is 13. The first kappa shape index (κ1) is 26.6. The van der Waals surface area contributed by atoms with Crippen molar-refractivity contribution in [3.05, 3.63) is 67.8 Å². The van der Waals surface area contributed by atoms with Crippen LogP contribution in [0.1, 0.15) is 11.1 Å². The summed E-state index contributed by atoms with van der Waals surface area (Å²) in [7, 11) is 4.78. The van der Waals surface area contributed by atoms with E-state index in [1.54, 1.807) is 21.3 Å². The summed E-state index contributed by atoms with van der Waals surface area (Å²) < 4.78 is 16.3. The molecule has 36 heavy (non-hydrogen) atoms. The standard InChI is InChI=1S/C23H30N4O9/c1-32-21-13-18(14-22(33-2)23(21)34-3)15-24-8-10-25(11-9-24)19-6-4-17(5-7-19)12-20(36-27(30)31)16-35-26(28)29/h4-7,13-14,20H,8-12,15-16H2,1-3H3. The van der Waals surface area contributed by atoms with Crippen molar-refractivity contribution < 1.29 is 34.1 Å². The van der Waals surface area contributed by atoms with E-state index in [1.807, 2.05) is 36.4 Å². The fourth-order valence-corrected chi connectivity index (χ4v) is 4.15. The van der Waals surface area contributed by atoms with Gasteiger partial charge >= 0.3 is 0 Å². The zero-order valence-electron chi connectivity index (χ0n) is 20.5. The molecule has 0 N–H and O–H groups in total. The van der Waals surface area contributed by atoms with Crippen LogP contribution in [-0.2, 0) is 22.6 Å². The largest absolute Gasteiger partial charge is 0.493 e. The van der Waals surface area contributed by atoms with Gasteiger partial charge in [-0.25, -0.2) is 0 Å². The third-order valence-corrected chi connectivity index (χ3v) is 5.87. The second-order valence-corrected chi connectivity index (χ2v) is 8.14. The molecule has 0 bridgehead atoms. The van der Waals surface area contributed by atoms with Crippen LogP contribution >= 0.6 is 0 Å². The Labute approximate surface area is 208 Å². The van der Waals surface area contributed by atoms with Crippen LogP contribution in [0, 0.1) is 20.2 Å². The molecule has 2 aromatic rings. The summed E-state index contributed by atoms with van der Waals surface area (Å²) in [6, 6.07) is 11.4. The summed E-state index contributed by atoms with van der Waals surface area (Å²) in [4.78, 5) is 34.4. The number of hydrogen-bond acceptors (Lipinski definition) is 11. The number of nitrogens with zero attached hydrogens (tertiary/aromatic N) is 4. The molecule has 0 aliphatic carbocycles. The van der Waals surface area contributed by atoms with Gasteiger partial charge in [0.1, 0.15) is 12.7 Å². The van der Waals surface area contributed by atoms with E-state index in [-0.39, 0.29) is 6.42 Å². The van der Waals surface area contributed by atoms with Crippen molar-refractivity contribution in [2.75, 3.05) is 59.0 Å². The zero-order valence-corrected chi connectivity index (χ0v) is 20.5. The van der Waals surface area contributed by atoms with Crippen LogP contribution in [0.2, 0.25) is 0 Å². The van der Waals surface area contributed by atoms with Gasteiger partial charge in [0, 0.05) is 44.8 Å². The first-order chi connectivity index (χ1) is 17.3. The molecule has 2 aromatic carbocycles. The first-order valence-electron chi connectivity index (χ1n) is 11.3. The molecule has 0 aromatic heterocycles. The molecule has 1 aliphatic heterocycles. The van der Waals surface area contributed by atoms with E-state index in [0.717, 1.165) is 49.5 Å². The van der Waals surface area contributed by atoms with Gasteiger partial charge in [-0.15, -0.1) is 20.2 Å². The Morgan fingerprint density at radius 2 is 1.47 bits per heavy atom. The minimum absolute atomic E-state index is 0.109. The van der Waals surface area contributed by atoms with Gasteiger partial charge in [-0.1, -0.05) is 12.1 Å². The fourth-order valence-electron chi connectivity index (χ4n) is 4.15. The van der Waals surface area contributed by atoms with Crippen molar-refractivity contribution in [2.24, 2.45) is 0 Å². The second-order valence-electron chi connectivity index (χ2n) is 8.14. The summed E-state index contributed by atoms with van der Waals surface area (Å²) >= 11 is 0. The van der Waals surface area contributed by atoms with Crippen LogP contribution in [0.3, 0.4) is 0 Å². The lowest BCUT2D eigenvalue weighted by molar-refractivity contribution is -0.789. The van der Waals surface area contributed by atoms with Crippen LogP contribution in [0.4, 0.5) is 5.69 Å². The second kappa shape index (κ2) is 12.6. The lowest BCUT2D eigenvalue weighted by Gasteiger charge is -2.36.